The van der Waals surface area contributed by atoms with Crippen molar-refractivity contribution in [2.24, 2.45) is 0 Å². The second kappa shape index (κ2) is 7.31. The van der Waals surface area contributed by atoms with E-state index in [1.165, 1.54) is 11.1 Å². The van der Waals surface area contributed by atoms with Crippen LogP contribution in [0.2, 0.25) is 0 Å². The predicted molar refractivity (Wildman–Crippen MR) is 113 cm³/mol. The van der Waals surface area contributed by atoms with Gasteiger partial charge in [-0.3, -0.25) is 4.90 Å². The van der Waals surface area contributed by atoms with Crippen molar-refractivity contribution in [3.05, 3.63) is 65.9 Å². The first-order chi connectivity index (χ1) is 14.2. The van der Waals surface area contributed by atoms with Gasteiger partial charge in [0.2, 0.25) is 0 Å². The first kappa shape index (κ1) is 17.8. The number of fused-ring (bicyclic) bond motifs is 2. The van der Waals surface area contributed by atoms with Gasteiger partial charge in [-0.2, -0.15) is 5.26 Å². The summed E-state index contributed by atoms with van der Waals surface area (Å²) in [5, 5.41) is 10.3. The number of H-pyrrole nitrogens is 1. The summed E-state index contributed by atoms with van der Waals surface area (Å²) in [4.78, 5) is 5.63. The number of hydrogen-bond acceptors (Lipinski definition) is 4. The molecular formula is C24H23N3O2. The van der Waals surface area contributed by atoms with Gasteiger partial charge in [0, 0.05) is 28.7 Å². The van der Waals surface area contributed by atoms with Crippen LogP contribution in [0.15, 0.2) is 54.7 Å². The van der Waals surface area contributed by atoms with Crippen molar-refractivity contribution in [3.63, 3.8) is 0 Å². The van der Waals surface area contributed by atoms with E-state index in [1.807, 2.05) is 42.5 Å². The number of likely N-dealkylation sites (N-methyl/N-ethyl adjacent to an activating group) is 1. The molecule has 2 aromatic carbocycles. The van der Waals surface area contributed by atoms with Crippen molar-refractivity contribution in [1.82, 2.24) is 9.88 Å². The molecule has 2 atom stereocenters. The highest BCUT2D eigenvalue weighted by atomic mass is 16.6. The molecule has 0 radical (unpaired) electrons. The van der Waals surface area contributed by atoms with Crippen molar-refractivity contribution in [3.8, 4) is 17.6 Å². The van der Waals surface area contributed by atoms with E-state index in [1.54, 1.807) is 0 Å². The lowest BCUT2D eigenvalue weighted by Crippen LogP contribution is -2.48. The highest BCUT2D eigenvalue weighted by Gasteiger charge is 2.30. The normalized spacial score (nSPS) is 21.1. The summed E-state index contributed by atoms with van der Waals surface area (Å²) < 4.78 is 12.1. The second-order valence-corrected chi connectivity index (χ2v) is 7.73. The molecule has 146 valence electrons. The summed E-state index contributed by atoms with van der Waals surface area (Å²) in [7, 11) is 2.12. The first-order valence-electron chi connectivity index (χ1n) is 10.0. The Morgan fingerprint density at radius 1 is 1.17 bits per heavy atom. The number of aromatic amines is 1. The highest BCUT2D eigenvalue weighted by Crippen LogP contribution is 2.36. The smallest absolute Gasteiger partial charge is 0.187 e. The van der Waals surface area contributed by atoms with E-state index in [0.29, 0.717) is 18.2 Å². The summed E-state index contributed by atoms with van der Waals surface area (Å²) in [6, 6.07) is 16.3. The molecule has 0 amide bonds. The minimum absolute atomic E-state index is 0.0730. The SMILES string of the molecule is CN(C1CC=C(c2c[nH]c3ccc(C#N)cc23)CC1)C1COc2ccccc2O1. The van der Waals surface area contributed by atoms with Crippen molar-refractivity contribution in [2.45, 2.75) is 31.5 Å². The molecular weight excluding hydrogens is 362 g/mol. The molecule has 1 aromatic heterocycles. The van der Waals surface area contributed by atoms with E-state index >= 15 is 0 Å². The van der Waals surface area contributed by atoms with E-state index < -0.39 is 0 Å². The molecule has 0 saturated heterocycles. The fourth-order valence-electron chi connectivity index (χ4n) is 4.33. The Morgan fingerprint density at radius 2 is 2.03 bits per heavy atom. The number of nitrogens with one attached hydrogen (secondary N) is 1. The molecule has 3 aromatic rings. The van der Waals surface area contributed by atoms with Crippen LogP contribution < -0.4 is 9.47 Å². The van der Waals surface area contributed by atoms with E-state index in [9.17, 15) is 5.26 Å². The van der Waals surface area contributed by atoms with Crippen molar-refractivity contribution in [1.29, 1.82) is 5.26 Å². The Labute approximate surface area is 170 Å². The summed E-state index contributed by atoms with van der Waals surface area (Å²) in [5.41, 5.74) is 4.33. The average Bonchev–Trinajstić information content (AvgIpc) is 3.21. The maximum Gasteiger partial charge on any atom is 0.187 e. The van der Waals surface area contributed by atoms with Gasteiger partial charge in [0.05, 0.1) is 11.6 Å². The van der Waals surface area contributed by atoms with E-state index in [-0.39, 0.29) is 6.23 Å². The number of para-hydroxylation sites is 2. The molecule has 0 saturated carbocycles. The maximum absolute atomic E-state index is 9.21. The van der Waals surface area contributed by atoms with Gasteiger partial charge in [-0.05, 0) is 62.2 Å². The summed E-state index contributed by atoms with van der Waals surface area (Å²) in [5.74, 6) is 1.63. The van der Waals surface area contributed by atoms with Crippen LogP contribution in [0.1, 0.15) is 30.4 Å². The number of benzene rings is 2. The third-order valence-electron chi connectivity index (χ3n) is 6.06. The topological polar surface area (TPSA) is 61.3 Å². The second-order valence-electron chi connectivity index (χ2n) is 7.73. The minimum Gasteiger partial charge on any atom is -0.484 e. The van der Waals surface area contributed by atoms with Gasteiger partial charge in [-0.1, -0.05) is 18.2 Å². The van der Waals surface area contributed by atoms with Gasteiger partial charge < -0.3 is 14.5 Å². The van der Waals surface area contributed by atoms with Crippen LogP contribution in [0, 0.1) is 11.3 Å². The van der Waals surface area contributed by atoms with Gasteiger partial charge in [0.1, 0.15) is 6.61 Å². The number of rotatable bonds is 3. The molecule has 2 aliphatic rings. The number of nitriles is 1. The predicted octanol–water partition coefficient (Wildman–Crippen LogP) is 4.70. The zero-order valence-corrected chi connectivity index (χ0v) is 16.4. The van der Waals surface area contributed by atoms with Crippen LogP contribution in [-0.4, -0.2) is 35.8 Å². The Kier molecular flexibility index (Phi) is 4.49. The number of ether oxygens (including phenoxy) is 2. The molecule has 2 unspecified atom stereocenters. The third-order valence-corrected chi connectivity index (χ3v) is 6.06. The Balaban J connectivity index is 1.32. The Hall–Kier alpha value is -3.23. The lowest BCUT2D eigenvalue weighted by Gasteiger charge is -2.38. The lowest BCUT2D eigenvalue weighted by atomic mass is 9.89. The minimum atomic E-state index is -0.0730. The quantitative estimate of drug-likeness (QED) is 0.710. The summed E-state index contributed by atoms with van der Waals surface area (Å²) in [6.45, 7) is 0.542. The Morgan fingerprint density at radius 3 is 2.83 bits per heavy atom. The van der Waals surface area contributed by atoms with Crippen LogP contribution in [0.4, 0.5) is 0 Å². The van der Waals surface area contributed by atoms with Crippen LogP contribution in [0.5, 0.6) is 11.5 Å². The standard InChI is InChI=1S/C24H23N3O2/c1-27(24-15-28-22-4-2-3-5-23(22)29-24)18-9-7-17(8-10-18)20-14-26-21-11-6-16(13-25)12-19(20)21/h2-7,11-12,14,18,24,26H,8-10,15H2,1H3. The monoisotopic (exact) mass is 385 g/mol. The fourth-order valence-corrected chi connectivity index (χ4v) is 4.33. The van der Waals surface area contributed by atoms with E-state index in [0.717, 1.165) is 41.7 Å². The van der Waals surface area contributed by atoms with E-state index in [4.69, 9.17) is 9.47 Å². The van der Waals surface area contributed by atoms with Crippen molar-refractivity contribution >= 4 is 16.5 Å². The van der Waals surface area contributed by atoms with Gasteiger partial charge in [-0.25, -0.2) is 0 Å². The summed E-state index contributed by atoms with van der Waals surface area (Å²) in [6.07, 6.45) is 7.37. The average molecular weight is 385 g/mol. The molecule has 1 aliphatic carbocycles. The number of allylic oxidation sites excluding steroid dienone is 1. The van der Waals surface area contributed by atoms with Crippen molar-refractivity contribution in [2.75, 3.05) is 13.7 Å². The maximum atomic E-state index is 9.21. The van der Waals surface area contributed by atoms with Gasteiger partial charge in [0.15, 0.2) is 17.7 Å². The Bertz CT molecular complexity index is 1120. The van der Waals surface area contributed by atoms with Gasteiger partial charge in [0.25, 0.3) is 0 Å². The zero-order valence-electron chi connectivity index (χ0n) is 16.4. The van der Waals surface area contributed by atoms with Gasteiger partial charge in [-0.15, -0.1) is 0 Å². The third kappa shape index (κ3) is 3.26. The number of hydrogen-bond donors (Lipinski definition) is 1. The highest BCUT2D eigenvalue weighted by molar-refractivity contribution is 5.93. The van der Waals surface area contributed by atoms with Crippen LogP contribution in [-0.2, 0) is 0 Å². The van der Waals surface area contributed by atoms with Crippen molar-refractivity contribution < 1.29 is 9.47 Å². The molecule has 1 aliphatic heterocycles. The molecule has 0 bridgehead atoms. The lowest BCUT2D eigenvalue weighted by molar-refractivity contribution is -0.0376. The summed E-state index contributed by atoms with van der Waals surface area (Å²) >= 11 is 0. The molecule has 5 rings (SSSR count). The molecule has 5 nitrogen and oxygen atoms in total. The fraction of sp³-hybridized carbons (Fsp3) is 0.292. The molecule has 0 spiro atoms. The molecule has 2 heterocycles. The first-order valence-corrected chi connectivity index (χ1v) is 10.0. The van der Waals surface area contributed by atoms with Crippen LogP contribution in [0.25, 0.3) is 16.5 Å². The molecule has 29 heavy (non-hydrogen) atoms. The molecule has 5 heteroatoms. The van der Waals surface area contributed by atoms with E-state index in [2.05, 4.69) is 35.3 Å². The van der Waals surface area contributed by atoms with Crippen LogP contribution >= 0.6 is 0 Å². The molecule has 1 N–H and O–H groups in total. The zero-order chi connectivity index (χ0) is 19.8. The van der Waals surface area contributed by atoms with Gasteiger partial charge >= 0.3 is 0 Å². The number of nitrogens with zero attached hydrogens (tertiary/aromatic N) is 2. The largest absolute Gasteiger partial charge is 0.484 e. The molecule has 0 fully saturated rings. The van der Waals surface area contributed by atoms with Crippen LogP contribution in [0.3, 0.4) is 0 Å². The number of aromatic nitrogens is 1.